The number of rotatable bonds is 5. The smallest absolute Gasteiger partial charge is 0.156 e. The summed E-state index contributed by atoms with van der Waals surface area (Å²) in [6, 6.07) is 4.00. The number of oxime groups is 1. The molecule has 5 heteroatoms. The van der Waals surface area contributed by atoms with Gasteiger partial charge >= 0.3 is 0 Å². The monoisotopic (exact) mass is 213 g/mol. The maximum absolute atomic E-state index is 8.52. The van der Waals surface area contributed by atoms with Crippen LogP contribution in [-0.4, -0.2) is 17.1 Å². The summed E-state index contributed by atoms with van der Waals surface area (Å²) in [4.78, 5) is 1.24. The van der Waals surface area contributed by atoms with E-state index < -0.39 is 0 Å². The van der Waals surface area contributed by atoms with E-state index in [9.17, 15) is 0 Å². The van der Waals surface area contributed by atoms with Crippen LogP contribution in [0.3, 0.4) is 0 Å². The van der Waals surface area contributed by atoms with Gasteiger partial charge in [-0.15, -0.1) is 11.3 Å². The number of amidine groups is 1. The van der Waals surface area contributed by atoms with Gasteiger partial charge in [-0.2, -0.15) is 0 Å². The third-order valence-electron chi connectivity index (χ3n) is 1.98. The molecule has 1 atom stereocenters. The molecule has 0 bridgehead atoms. The lowest BCUT2D eigenvalue weighted by Gasteiger charge is -2.14. The minimum atomic E-state index is -0.0536. The maximum atomic E-state index is 8.52. The van der Waals surface area contributed by atoms with Crippen molar-refractivity contribution in [2.75, 3.05) is 0 Å². The van der Waals surface area contributed by atoms with Gasteiger partial charge in [-0.05, 0) is 17.9 Å². The predicted molar refractivity (Wildman–Crippen MR) is 58.6 cm³/mol. The minimum Gasteiger partial charge on any atom is -0.409 e. The first-order valence-corrected chi connectivity index (χ1v) is 5.39. The fraction of sp³-hybridized carbons (Fsp3) is 0.444. The van der Waals surface area contributed by atoms with Gasteiger partial charge in [0.15, 0.2) is 5.84 Å². The fourth-order valence-corrected chi connectivity index (χ4v) is 1.82. The molecule has 0 aliphatic heterocycles. The minimum absolute atomic E-state index is 0.0536. The molecule has 0 amide bonds. The van der Waals surface area contributed by atoms with Crippen LogP contribution in [0.1, 0.15) is 18.2 Å². The lowest BCUT2D eigenvalue weighted by atomic mass is 10.2. The van der Waals surface area contributed by atoms with Gasteiger partial charge in [0.2, 0.25) is 0 Å². The molecule has 14 heavy (non-hydrogen) atoms. The second kappa shape index (κ2) is 5.62. The second-order valence-electron chi connectivity index (χ2n) is 2.95. The molecule has 4 N–H and O–H groups in total. The van der Waals surface area contributed by atoms with Crippen molar-refractivity contribution in [2.45, 2.75) is 25.9 Å². The van der Waals surface area contributed by atoms with Crippen LogP contribution < -0.4 is 11.1 Å². The van der Waals surface area contributed by atoms with Gasteiger partial charge in [-0.25, -0.2) is 0 Å². The summed E-state index contributed by atoms with van der Waals surface area (Å²) in [5.74, 6) is 0.240. The Labute approximate surface area is 87.4 Å². The molecule has 0 aliphatic carbocycles. The van der Waals surface area contributed by atoms with Gasteiger partial charge in [-0.3, -0.25) is 0 Å². The van der Waals surface area contributed by atoms with Crippen LogP contribution in [0.15, 0.2) is 22.7 Å². The van der Waals surface area contributed by atoms with E-state index in [0.717, 1.165) is 13.0 Å². The Morgan fingerprint density at radius 1 is 1.79 bits per heavy atom. The van der Waals surface area contributed by atoms with Crippen LogP contribution in [0.2, 0.25) is 0 Å². The maximum Gasteiger partial charge on any atom is 0.156 e. The largest absolute Gasteiger partial charge is 0.409 e. The molecule has 1 aromatic heterocycles. The van der Waals surface area contributed by atoms with Crippen LogP contribution in [-0.2, 0) is 6.54 Å². The summed E-state index contributed by atoms with van der Waals surface area (Å²) in [6.07, 6.45) is 0.807. The van der Waals surface area contributed by atoms with E-state index in [4.69, 9.17) is 10.9 Å². The van der Waals surface area contributed by atoms with Crippen LogP contribution in [0, 0.1) is 0 Å². The summed E-state index contributed by atoms with van der Waals surface area (Å²) in [7, 11) is 0. The zero-order chi connectivity index (χ0) is 10.4. The van der Waals surface area contributed by atoms with E-state index in [0.29, 0.717) is 0 Å². The van der Waals surface area contributed by atoms with E-state index in [2.05, 4.69) is 16.5 Å². The zero-order valence-electron chi connectivity index (χ0n) is 8.10. The van der Waals surface area contributed by atoms with Crippen molar-refractivity contribution in [1.82, 2.24) is 5.32 Å². The van der Waals surface area contributed by atoms with Crippen molar-refractivity contribution in [1.29, 1.82) is 0 Å². The lowest BCUT2D eigenvalue weighted by Crippen LogP contribution is -2.40. The molecule has 78 valence electrons. The molecule has 0 spiro atoms. The highest BCUT2D eigenvalue weighted by molar-refractivity contribution is 7.09. The molecule has 1 heterocycles. The summed E-state index contributed by atoms with van der Waals surface area (Å²) < 4.78 is 0. The van der Waals surface area contributed by atoms with Crippen LogP contribution in [0.25, 0.3) is 0 Å². The molecule has 1 aromatic rings. The molecule has 1 rings (SSSR count). The SMILES string of the molecule is CCC(NCc1cccs1)C(N)=NO. The third-order valence-corrected chi connectivity index (χ3v) is 2.86. The van der Waals surface area contributed by atoms with Gasteiger partial charge in [0.1, 0.15) is 0 Å². The molecule has 0 aromatic carbocycles. The van der Waals surface area contributed by atoms with E-state index >= 15 is 0 Å². The Morgan fingerprint density at radius 2 is 2.57 bits per heavy atom. The van der Waals surface area contributed by atoms with Crippen molar-refractivity contribution >= 4 is 17.2 Å². The fourth-order valence-electron chi connectivity index (χ4n) is 1.16. The van der Waals surface area contributed by atoms with E-state index in [1.807, 2.05) is 18.4 Å². The Bertz CT molecular complexity index is 284. The van der Waals surface area contributed by atoms with Gasteiger partial charge < -0.3 is 16.3 Å². The summed E-state index contributed by atoms with van der Waals surface area (Å²) in [5.41, 5.74) is 5.51. The van der Waals surface area contributed by atoms with Crippen LogP contribution in [0.4, 0.5) is 0 Å². The van der Waals surface area contributed by atoms with Crippen LogP contribution >= 0.6 is 11.3 Å². The van der Waals surface area contributed by atoms with Gasteiger partial charge in [0.05, 0.1) is 6.04 Å². The first kappa shape index (κ1) is 11.0. The van der Waals surface area contributed by atoms with E-state index in [1.165, 1.54) is 4.88 Å². The number of hydrogen-bond acceptors (Lipinski definition) is 4. The van der Waals surface area contributed by atoms with E-state index in [1.54, 1.807) is 11.3 Å². The van der Waals surface area contributed by atoms with Crippen molar-refractivity contribution in [3.63, 3.8) is 0 Å². The Morgan fingerprint density at radius 3 is 3.07 bits per heavy atom. The second-order valence-corrected chi connectivity index (χ2v) is 3.98. The zero-order valence-corrected chi connectivity index (χ0v) is 8.92. The van der Waals surface area contributed by atoms with Crippen molar-refractivity contribution in [2.24, 2.45) is 10.9 Å². The average Bonchev–Trinajstić information content (AvgIpc) is 2.71. The molecule has 0 radical (unpaired) electrons. The summed E-state index contributed by atoms with van der Waals surface area (Å²) in [6.45, 7) is 2.75. The quantitative estimate of drug-likeness (QED) is 0.299. The molecule has 4 nitrogen and oxygen atoms in total. The Hall–Kier alpha value is -1.07. The number of nitrogens with zero attached hydrogens (tertiary/aromatic N) is 1. The topological polar surface area (TPSA) is 70.6 Å². The summed E-state index contributed by atoms with van der Waals surface area (Å²) in [5, 5.41) is 16.8. The highest BCUT2D eigenvalue weighted by Gasteiger charge is 2.10. The number of nitrogens with two attached hydrogens (primary N) is 1. The van der Waals surface area contributed by atoms with Gasteiger partial charge in [-0.1, -0.05) is 18.1 Å². The first-order valence-electron chi connectivity index (χ1n) is 4.51. The highest BCUT2D eigenvalue weighted by atomic mass is 32.1. The normalized spacial score (nSPS) is 14.2. The van der Waals surface area contributed by atoms with Crippen LogP contribution in [0.5, 0.6) is 0 Å². The third kappa shape index (κ3) is 3.01. The molecule has 0 aliphatic rings. The first-order chi connectivity index (χ1) is 6.77. The molecule has 0 saturated heterocycles. The highest BCUT2D eigenvalue weighted by Crippen LogP contribution is 2.08. The van der Waals surface area contributed by atoms with Crippen molar-refractivity contribution in [3.8, 4) is 0 Å². The Balaban J connectivity index is 2.42. The average molecular weight is 213 g/mol. The standard InChI is InChI=1S/C9H15N3OS/c1-2-8(9(10)12-13)11-6-7-4-3-5-14-7/h3-5,8,11,13H,2,6H2,1H3,(H2,10,12). The van der Waals surface area contributed by atoms with Crippen molar-refractivity contribution < 1.29 is 5.21 Å². The summed E-state index contributed by atoms with van der Waals surface area (Å²) >= 11 is 1.69. The van der Waals surface area contributed by atoms with Gasteiger partial charge in [0.25, 0.3) is 0 Å². The lowest BCUT2D eigenvalue weighted by molar-refractivity contribution is 0.314. The van der Waals surface area contributed by atoms with E-state index in [-0.39, 0.29) is 11.9 Å². The number of hydrogen-bond donors (Lipinski definition) is 3. The molecule has 0 fully saturated rings. The predicted octanol–water partition coefficient (Wildman–Crippen LogP) is 1.36. The van der Waals surface area contributed by atoms with Crippen molar-refractivity contribution in [3.05, 3.63) is 22.4 Å². The molecule has 1 unspecified atom stereocenters. The molecule has 0 saturated carbocycles. The van der Waals surface area contributed by atoms with Gasteiger partial charge in [0, 0.05) is 11.4 Å². The number of nitrogens with one attached hydrogen (secondary N) is 1. The number of thiophene rings is 1. The molecular weight excluding hydrogens is 198 g/mol. The molecular formula is C9H15N3OS. The Kier molecular flexibility index (Phi) is 4.42.